The minimum Gasteiger partial charge on any atom is -0.465 e. The molecule has 0 aliphatic carbocycles. The first kappa shape index (κ1) is 15.2. The van der Waals surface area contributed by atoms with Crippen LogP contribution in [0.25, 0.3) is 0 Å². The van der Waals surface area contributed by atoms with Crippen LogP contribution < -0.4 is 10.6 Å². The lowest BCUT2D eigenvalue weighted by Crippen LogP contribution is -2.19. The molecule has 1 amide bonds. The molecule has 104 valence electrons. The summed E-state index contributed by atoms with van der Waals surface area (Å²) in [6.45, 7) is 4.36. The average Bonchev–Trinajstić information content (AvgIpc) is 2.39. The summed E-state index contributed by atoms with van der Waals surface area (Å²) in [5.74, 6) is -0.486. The second-order valence-electron chi connectivity index (χ2n) is 4.36. The Morgan fingerprint density at radius 3 is 2.53 bits per heavy atom. The first-order valence-electron chi connectivity index (χ1n) is 6.13. The molecule has 1 aromatic rings. The van der Waals surface area contributed by atoms with Crippen molar-refractivity contribution in [3.63, 3.8) is 0 Å². The minimum absolute atomic E-state index is 0.0894. The van der Waals surface area contributed by atoms with Crippen molar-refractivity contribution in [1.29, 1.82) is 0 Å². The van der Waals surface area contributed by atoms with Crippen LogP contribution >= 0.6 is 0 Å². The van der Waals surface area contributed by atoms with Gasteiger partial charge in [0.2, 0.25) is 5.91 Å². The number of carbonyl (C=O) groups excluding carboxylic acids is 2. The Morgan fingerprint density at radius 1 is 1.26 bits per heavy atom. The Bertz CT molecular complexity index is 484. The molecule has 0 unspecified atom stereocenters. The highest BCUT2D eigenvalue weighted by Gasteiger charge is 2.13. The molecule has 19 heavy (non-hydrogen) atoms. The van der Waals surface area contributed by atoms with Crippen molar-refractivity contribution in [3.8, 4) is 0 Å². The zero-order chi connectivity index (χ0) is 14.4. The molecule has 0 atom stereocenters. The predicted octanol–water partition coefficient (Wildman–Crippen LogP) is 1.64. The number of amides is 1. The number of nitrogens with one attached hydrogen (secondary N) is 2. The first-order chi connectivity index (χ1) is 8.99. The molecule has 0 aliphatic rings. The predicted molar refractivity (Wildman–Crippen MR) is 74.4 cm³/mol. The van der Waals surface area contributed by atoms with Crippen molar-refractivity contribution in [2.75, 3.05) is 26.0 Å². The van der Waals surface area contributed by atoms with Gasteiger partial charge in [-0.1, -0.05) is 0 Å². The van der Waals surface area contributed by atoms with Gasteiger partial charge in [0.25, 0.3) is 0 Å². The molecule has 5 nitrogen and oxygen atoms in total. The largest absolute Gasteiger partial charge is 0.465 e. The van der Waals surface area contributed by atoms with Gasteiger partial charge >= 0.3 is 5.97 Å². The van der Waals surface area contributed by atoms with E-state index >= 15 is 0 Å². The smallest absolute Gasteiger partial charge is 0.338 e. The Kier molecular flexibility index (Phi) is 5.51. The summed E-state index contributed by atoms with van der Waals surface area (Å²) >= 11 is 0. The maximum Gasteiger partial charge on any atom is 0.338 e. The maximum atomic E-state index is 11.7. The van der Waals surface area contributed by atoms with E-state index in [2.05, 4.69) is 10.6 Å². The van der Waals surface area contributed by atoms with Gasteiger partial charge in [0.15, 0.2) is 0 Å². The molecule has 0 aliphatic heterocycles. The molecule has 0 bridgehead atoms. The second kappa shape index (κ2) is 6.89. The molecule has 0 radical (unpaired) electrons. The fourth-order valence-corrected chi connectivity index (χ4v) is 1.72. The highest BCUT2D eigenvalue weighted by molar-refractivity contribution is 5.96. The molecule has 0 spiro atoms. The van der Waals surface area contributed by atoms with Gasteiger partial charge in [0, 0.05) is 18.7 Å². The molecule has 0 saturated heterocycles. The maximum absolute atomic E-state index is 11.7. The Balaban J connectivity index is 2.94. The molecule has 2 N–H and O–H groups in total. The van der Waals surface area contributed by atoms with Crippen LogP contribution in [0.1, 0.15) is 27.9 Å². The van der Waals surface area contributed by atoms with Crippen LogP contribution in [-0.2, 0) is 9.53 Å². The van der Waals surface area contributed by atoms with E-state index in [0.29, 0.717) is 24.2 Å². The van der Waals surface area contributed by atoms with Crippen LogP contribution in [0.4, 0.5) is 5.69 Å². The van der Waals surface area contributed by atoms with E-state index in [-0.39, 0.29) is 5.91 Å². The van der Waals surface area contributed by atoms with E-state index < -0.39 is 5.97 Å². The van der Waals surface area contributed by atoms with E-state index in [1.54, 1.807) is 13.1 Å². The zero-order valence-corrected chi connectivity index (χ0v) is 11.8. The van der Waals surface area contributed by atoms with Crippen LogP contribution in [0.3, 0.4) is 0 Å². The number of aryl methyl sites for hydroxylation is 1. The van der Waals surface area contributed by atoms with Crippen LogP contribution in [-0.4, -0.2) is 32.6 Å². The number of hydrogen-bond donors (Lipinski definition) is 2. The third kappa shape index (κ3) is 4.06. The molecule has 0 fully saturated rings. The van der Waals surface area contributed by atoms with Crippen LogP contribution in [0, 0.1) is 13.8 Å². The van der Waals surface area contributed by atoms with E-state index in [9.17, 15) is 9.59 Å². The number of carbonyl (C=O) groups is 2. The monoisotopic (exact) mass is 264 g/mol. The summed E-state index contributed by atoms with van der Waals surface area (Å²) in [6.07, 6.45) is 0.386. The highest BCUT2D eigenvalue weighted by Crippen LogP contribution is 2.20. The SMILES string of the molecule is CNCCC(=O)Nc1cc(C)c(C)c(C(=O)OC)c1. The third-order valence-corrected chi connectivity index (χ3v) is 2.96. The summed E-state index contributed by atoms with van der Waals surface area (Å²) in [6, 6.07) is 3.49. The quantitative estimate of drug-likeness (QED) is 0.793. The molecular weight excluding hydrogens is 244 g/mol. The van der Waals surface area contributed by atoms with E-state index in [1.165, 1.54) is 7.11 Å². The Labute approximate surface area is 113 Å². The number of ether oxygens (including phenoxy) is 1. The van der Waals surface area contributed by atoms with Gasteiger partial charge in [-0.15, -0.1) is 0 Å². The summed E-state index contributed by atoms with van der Waals surface area (Å²) in [5, 5.41) is 5.69. The van der Waals surface area contributed by atoms with Crippen molar-refractivity contribution in [2.24, 2.45) is 0 Å². The normalized spacial score (nSPS) is 10.1. The second-order valence-corrected chi connectivity index (χ2v) is 4.36. The van der Waals surface area contributed by atoms with Gasteiger partial charge in [-0.2, -0.15) is 0 Å². The van der Waals surface area contributed by atoms with E-state index in [4.69, 9.17) is 4.74 Å². The summed E-state index contributed by atoms with van der Waals surface area (Å²) < 4.78 is 4.74. The fourth-order valence-electron chi connectivity index (χ4n) is 1.72. The number of benzene rings is 1. The number of methoxy groups -OCH3 is 1. The summed E-state index contributed by atoms with van der Waals surface area (Å²) in [4.78, 5) is 23.3. The molecule has 1 rings (SSSR count). The van der Waals surface area contributed by atoms with Crippen LogP contribution in [0.15, 0.2) is 12.1 Å². The van der Waals surface area contributed by atoms with Crippen molar-refractivity contribution in [3.05, 3.63) is 28.8 Å². The molecular formula is C14H20N2O3. The molecule has 5 heteroatoms. The van der Waals surface area contributed by atoms with E-state index in [1.807, 2.05) is 19.9 Å². The van der Waals surface area contributed by atoms with Crippen molar-refractivity contribution in [1.82, 2.24) is 5.32 Å². The Morgan fingerprint density at radius 2 is 1.95 bits per heavy atom. The third-order valence-electron chi connectivity index (χ3n) is 2.96. The number of hydrogen-bond acceptors (Lipinski definition) is 4. The average molecular weight is 264 g/mol. The number of esters is 1. The van der Waals surface area contributed by atoms with Gasteiger partial charge in [-0.05, 0) is 44.2 Å². The van der Waals surface area contributed by atoms with Gasteiger partial charge in [-0.25, -0.2) is 4.79 Å². The van der Waals surface area contributed by atoms with Gasteiger partial charge in [0.1, 0.15) is 0 Å². The number of anilines is 1. The number of rotatable bonds is 5. The van der Waals surface area contributed by atoms with Gasteiger partial charge in [0.05, 0.1) is 12.7 Å². The highest BCUT2D eigenvalue weighted by atomic mass is 16.5. The van der Waals surface area contributed by atoms with Crippen molar-refractivity contribution < 1.29 is 14.3 Å². The molecule has 1 aromatic carbocycles. The zero-order valence-electron chi connectivity index (χ0n) is 11.8. The Hall–Kier alpha value is -1.88. The van der Waals surface area contributed by atoms with Crippen molar-refractivity contribution >= 4 is 17.6 Å². The molecule has 0 saturated carbocycles. The topological polar surface area (TPSA) is 67.4 Å². The standard InChI is InChI=1S/C14H20N2O3/c1-9-7-11(16-13(17)5-6-15-3)8-12(10(9)2)14(18)19-4/h7-8,15H,5-6H2,1-4H3,(H,16,17). The molecule has 0 heterocycles. The molecule has 0 aromatic heterocycles. The fraction of sp³-hybridized carbons (Fsp3) is 0.429. The van der Waals surface area contributed by atoms with Crippen molar-refractivity contribution in [2.45, 2.75) is 20.3 Å². The minimum atomic E-state index is -0.396. The van der Waals surface area contributed by atoms with E-state index in [0.717, 1.165) is 11.1 Å². The lowest BCUT2D eigenvalue weighted by molar-refractivity contribution is -0.116. The summed E-state index contributed by atoms with van der Waals surface area (Å²) in [5.41, 5.74) is 2.89. The lowest BCUT2D eigenvalue weighted by Gasteiger charge is -2.11. The van der Waals surface area contributed by atoms with Gasteiger partial charge in [-0.3, -0.25) is 4.79 Å². The lowest BCUT2D eigenvalue weighted by atomic mass is 10.0. The first-order valence-corrected chi connectivity index (χ1v) is 6.13. The van der Waals surface area contributed by atoms with Crippen LogP contribution in [0.5, 0.6) is 0 Å². The van der Waals surface area contributed by atoms with Gasteiger partial charge < -0.3 is 15.4 Å². The summed E-state index contributed by atoms with van der Waals surface area (Å²) in [7, 11) is 3.13. The van der Waals surface area contributed by atoms with Crippen LogP contribution in [0.2, 0.25) is 0 Å².